The maximum Gasteiger partial charge on any atom is 0.416 e. The van der Waals surface area contributed by atoms with E-state index in [1.807, 2.05) is 0 Å². The molecule has 0 radical (unpaired) electrons. The molecule has 0 saturated heterocycles. The third-order valence-electron chi connectivity index (χ3n) is 7.87. The van der Waals surface area contributed by atoms with Crippen LogP contribution in [-0.4, -0.2) is 30.1 Å². The number of carbonyl (C=O) groups is 2. The lowest BCUT2D eigenvalue weighted by Gasteiger charge is -2.32. The number of benzene rings is 4. The first kappa shape index (κ1) is 31.0. The Kier molecular flexibility index (Phi) is 7.67. The Bertz CT molecular complexity index is 1810. The average Bonchev–Trinajstić information content (AvgIpc) is 3.23. The summed E-state index contributed by atoms with van der Waals surface area (Å²) in [6.07, 6.45) is -10.0. The number of alkyl halides is 6. The fraction of sp³-hybridized carbons (Fsp3) is 0.212. The average molecular weight is 641 g/mol. The molecule has 238 valence electrons. The van der Waals surface area contributed by atoms with E-state index in [0.717, 1.165) is 24.3 Å². The van der Waals surface area contributed by atoms with Gasteiger partial charge in [-0.15, -0.1) is 0 Å². The van der Waals surface area contributed by atoms with Gasteiger partial charge in [-0.05, 0) is 77.7 Å². The predicted molar refractivity (Wildman–Crippen MR) is 160 cm³/mol. The Morgan fingerprint density at radius 1 is 0.696 bits per heavy atom. The van der Waals surface area contributed by atoms with Crippen molar-refractivity contribution in [1.82, 2.24) is 5.32 Å². The monoisotopic (exact) mass is 640 g/mol. The number of fused-ring (bicyclic) bond motifs is 2. The maximum absolute atomic E-state index is 13.5. The molecule has 4 N–H and O–H groups in total. The molecule has 13 heteroatoms. The van der Waals surface area contributed by atoms with Crippen LogP contribution in [0.3, 0.4) is 0 Å². The second kappa shape index (κ2) is 11.4. The summed E-state index contributed by atoms with van der Waals surface area (Å²) >= 11 is 0. The van der Waals surface area contributed by atoms with Gasteiger partial charge in [-0.3, -0.25) is 14.9 Å². The number of anilines is 3. The van der Waals surface area contributed by atoms with E-state index in [0.29, 0.717) is 39.3 Å². The summed E-state index contributed by atoms with van der Waals surface area (Å²) in [5.41, 5.74) is 0.784. The van der Waals surface area contributed by atoms with E-state index in [4.69, 9.17) is 4.74 Å². The summed E-state index contributed by atoms with van der Waals surface area (Å²) in [5, 5.41) is 11.9. The number of ether oxygens (including phenoxy) is 1. The van der Waals surface area contributed by atoms with Crippen LogP contribution in [0.5, 0.6) is 5.75 Å². The molecular weight excluding hydrogens is 614 g/mol. The largest absolute Gasteiger partial charge is 0.473 e. The highest BCUT2D eigenvalue weighted by atomic mass is 19.4. The molecule has 6 rings (SSSR count). The number of amides is 2. The summed E-state index contributed by atoms with van der Waals surface area (Å²) in [4.78, 5) is 26.2. The van der Waals surface area contributed by atoms with Gasteiger partial charge in [0.25, 0.3) is 0 Å². The Labute approximate surface area is 259 Å². The zero-order chi connectivity index (χ0) is 32.9. The number of hydrogen-bond donors (Lipinski definition) is 4. The molecular formula is C33H26F6N4O3. The van der Waals surface area contributed by atoms with E-state index < -0.39 is 41.2 Å². The summed E-state index contributed by atoms with van der Waals surface area (Å²) in [7, 11) is 0. The zero-order valence-corrected chi connectivity index (χ0v) is 24.1. The van der Waals surface area contributed by atoms with Crippen molar-refractivity contribution in [3.05, 3.63) is 96.1 Å². The van der Waals surface area contributed by atoms with Crippen LogP contribution in [0, 0.1) is 0 Å². The molecule has 0 saturated carbocycles. The summed E-state index contributed by atoms with van der Waals surface area (Å²) in [6.45, 7) is 1.69. The molecule has 7 nitrogen and oxygen atoms in total. The van der Waals surface area contributed by atoms with Crippen molar-refractivity contribution in [2.75, 3.05) is 22.5 Å². The molecule has 4 aromatic rings. The molecule has 0 bridgehead atoms. The van der Waals surface area contributed by atoms with Crippen molar-refractivity contribution in [3.63, 3.8) is 0 Å². The lowest BCUT2D eigenvalue weighted by atomic mass is 10.0. The molecule has 2 aliphatic heterocycles. The highest BCUT2D eigenvalue weighted by Crippen LogP contribution is 2.37. The van der Waals surface area contributed by atoms with Crippen LogP contribution in [0.15, 0.2) is 84.9 Å². The number of rotatable bonds is 4. The SMILES string of the molecule is C[C@@]1(NC2CC(=O)Nc3ccc(-c4ccc(C(F)(F)F)cc4)cc3O2)CNc2cc(-c3ccc(C(F)(F)F)cc3)ccc2NC1=O. The standard InChI is InChI=1S/C33H26F6N4O3/c1-31(17-40-26-14-20(6-12-24(26)42-30(31)45)18-2-8-22(9-3-18)32(34,35)36)43-29-16-28(44)41-25-13-7-21(15-27(25)46-29)19-4-10-23(11-5-19)33(37,38)39/h2-15,29,40,43H,16-17H2,1H3,(H,41,44)(H,42,45)/t29?,31-/m1/s1. The third kappa shape index (κ3) is 6.36. The van der Waals surface area contributed by atoms with Gasteiger partial charge < -0.3 is 20.7 Å². The number of hydrogen-bond acceptors (Lipinski definition) is 5. The Hall–Kier alpha value is -5.04. The normalized spacial score (nSPS) is 19.8. The second-order valence-corrected chi connectivity index (χ2v) is 11.3. The molecule has 46 heavy (non-hydrogen) atoms. The van der Waals surface area contributed by atoms with Crippen LogP contribution >= 0.6 is 0 Å². The van der Waals surface area contributed by atoms with Gasteiger partial charge in [-0.2, -0.15) is 26.3 Å². The minimum absolute atomic E-state index is 0.0578. The zero-order valence-electron chi connectivity index (χ0n) is 24.1. The van der Waals surface area contributed by atoms with Crippen molar-refractivity contribution in [2.24, 2.45) is 0 Å². The van der Waals surface area contributed by atoms with E-state index in [1.165, 1.54) is 24.3 Å². The molecule has 0 aliphatic carbocycles. The summed E-state index contributed by atoms with van der Waals surface area (Å²) in [5.74, 6) is -0.544. The third-order valence-corrected chi connectivity index (χ3v) is 7.87. The van der Waals surface area contributed by atoms with E-state index in [1.54, 1.807) is 43.3 Å². The molecule has 0 fully saturated rings. The van der Waals surface area contributed by atoms with Crippen LogP contribution in [0.25, 0.3) is 22.3 Å². The molecule has 2 atom stereocenters. The topological polar surface area (TPSA) is 91.5 Å². The van der Waals surface area contributed by atoms with Crippen LogP contribution < -0.4 is 26.0 Å². The van der Waals surface area contributed by atoms with Crippen LogP contribution in [0.2, 0.25) is 0 Å². The summed E-state index contributed by atoms with van der Waals surface area (Å²) in [6, 6.07) is 19.3. The molecule has 1 unspecified atom stereocenters. The van der Waals surface area contributed by atoms with Crippen molar-refractivity contribution in [1.29, 1.82) is 0 Å². The van der Waals surface area contributed by atoms with Crippen molar-refractivity contribution in [2.45, 2.75) is 37.5 Å². The van der Waals surface area contributed by atoms with E-state index >= 15 is 0 Å². The van der Waals surface area contributed by atoms with Crippen LogP contribution in [0.4, 0.5) is 43.4 Å². The molecule has 0 aromatic heterocycles. The summed E-state index contributed by atoms with van der Waals surface area (Å²) < 4.78 is 84.2. The van der Waals surface area contributed by atoms with Crippen LogP contribution in [-0.2, 0) is 21.9 Å². The predicted octanol–water partition coefficient (Wildman–Crippen LogP) is 7.52. The number of carbonyl (C=O) groups excluding carboxylic acids is 2. The van der Waals surface area contributed by atoms with Gasteiger partial charge in [-0.25, -0.2) is 0 Å². The van der Waals surface area contributed by atoms with Gasteiger partial charge in [0.1, 0.15) is 11.3 Å². The highest BCUT2D eigenvalue weighted by Gasteiger charge is 2.40. The first-order valence-corrected chi connectivity index (χ1v) is 14.1. The van der Waals surface area contributed by atoms with Gasteiger partial charge in [-0.1, -0.05) is 36.4 Å². The van der Waals surface area contributed by atoms with Gasteiger partial charge in [0.2, 0.25) is 11.8 Å². The Morgan fingerprint density at radius 2 is 1.22 bits per heavy atom. The first-order chi connectivity index (χ1) is 21.7. The van der Waals surface area contributed by atoms with Crippen molar-refractivity contribution < 1.29 is 40.7 Å². The lowest BCUT2D eigenvalue weighted by molar-refractivity contribution is -0.138. The van der Waals surface area contributed by atoms with E-state index in [-0.39, 0.29) is 24.6 Å². The molecule has 0 spiro atoms. The van der Waals surface area contributed by atoms with Crippen molar-refractivity contribution >= 4 is 28.9 Å². The maximum atomic E-state index is 13.5. The highest BCUT2D eigenvalue weighted by molar-refractivity contribution is 6.03. The Morgan fingerprint density at radius 3 is 1.78 bits per heavy atom. The quantitative estimate of drug-likeness (QED) is 0.173. The second-order valence-electron chi connectivity index (χ2n) is 11.3. The fourth-order valence-corrected chi connectivity index (χ4v) is 5.31. The van der Waals surface area contributed by atoms with Gasteiger partial charge in [0.05, 0.1) is 34.6 Å². The van der Waals surface area contributed by atoms with Crippen molar-refractivity contribution in [3.8, 4) is 28.0 Å². The van der Waals surface area contributed by atoms with Gasteiger partial charge >= 0.3 is 12.4 Å². The number of halogens is 6. The Balaban J connectivity index is 1.20. The smallest absolute Gasteiger partial charge is 0.416 e. The molecule has 4 aromatic carbocycles. The minimum Gasteiger partial charge on any atom is -0.473 e. The fourth-order valence-electron chi connectivity index (χ4n) is 5.31. The van der Waals surface area contributed by atoms with Gasteiger partial charge in [0, 0.05) is 6.54 Å². The molecule has 2 amide bonds. The van der Waals surface area contributed by atoms with Gasteiger partial charge in [0.15, 0.2) is 6.23 Å². The minimum atomic E-state index is -4.47. The molecule has 2 heterocycles. The van der Waals surface area contributed by atoms with E-state index in [9.17, 15) is 35.9 Å². The van der Waals surface area contributed by atoms with E-state index in [2.05, 4.69) is 21.3 Å². The van der Waals surface area contributed by atoms with Crippen LogP contribution in [0.1, 0.15) is 24.5 Å². The first-order valence-electron chi connectivity index (χ1n) is 14.1. The molecule has 2 aliphatic rings. The lowest BCUT2D eigenvalue weighted by Crippen LogP contribution is -2.60. The number of nitrogens with one attached hydrogen (secondary N) is 4.